The highest BCUT2D eigenvalue weighted by Gasteiger charge is 2.31. The van der Waals surface area contributed by atoms with Crippen LogP contribution < -0.4 is 0 Å². The van der Waals surface area contributed by atoms with Gasteiger partial charge in [0.2, 0.25) is 0 Å². The normalized spacial score (nSPS) is 13.4. The summed E-state index contributed by atoms with van der Waals surface area (Å²) in [6.45, 7) is 12.3. The molecule has 0 aliphatic heterocycles. The van der Waals surface area contributed by atoms with Crippen molar-refractivity contribution in [2.75, 3.05) is 13.6 Å². The van der Waals surface area contributed by atoms with Crippen molar-refractivity contribution in [2.24, 2.45) is 0 Å². The van der Waals surface area contributed by atoms with Crippen LogP contribution in [-0.2, 0) is 0 Å². The van der Waals surface area contributed by atoms with Crippen LogP contribution in [0.5, 0.6) is 5.75 Å². The van der Waals surface area contributed by atoms with Crippen molar-refractivity contribution in [2.45, 2.75) is 59.0 Å². The van der Waals surface area contributed by atoms with Crippen molar-refractivity contribution >= 4 is 0 Å². The van der Waals surface area contributed by atoms with Gasteiger partial charge in [0.25, 0.3) is 0 Å². The van der Waals surface area contributed by atoms with Gasteiger partial charge in [0.1, 0.15) is 5.75 Å². The van der Waals surface area contributed by atoms with E-state index in [1.807, 2.05) is 13.0 Å². The zero-order chi connectivity index (χ0) is 18.6. The fourth-order valence-electron chi connectivity index (χ4n) is 3.67. The van der Waals surface area contributed by atoms with E-state index < -0.39 is 0 Å². The minimum absolute atomic E-state index is 0.219. The van der Waals surface area contributed by atoms with Crippen LogP contribution in [-0.4, -0.2) is 35.3 Å². The second-order valence-electron chi connectivity index (χ2n) is 8.02. The van der Waals surface area contributed by atoms with Crippen molar-refractivity contribution in [1.29, 1.82) is 0 Å². The van der Waals surface area contributed by atoms with E-state index in [1.54, 1.807) is 0 Å². The van der Waals surface area contributed by atoms with Crippen LogP contribution >= 0.6 is 0 Å². The second kappa shape index (κ2) is 8.05. The summed E-state index contributed by atoms with van der Waals surface area (Å²) in [6, 6.07) is 17.9. The number of nitrogens with zero attached hydrogens (tertiary/aromatic N) is 1. The third-order valence-electron chi connectivity index (χ3n) is 6.11. The van der Waals surface area contributed by atoms with Crippen molar-refractivity contribution in [3.05, 3.63) is 65.2 Å². The molecule has 0 unspecified atom stereocenters. The molecule has 0 saturated carbocycles. The first-order valence-electron chi connectivity index (χ1n) is 9.45. The highest BCUT2D eigenvalue weighted by atomic mass is 16.3. The molecular weight excluding hydrogens is 306 g/mol. The van der Waals surface area contributed by atoms with E-state index >= 15 is 0 Å². The number of aromatic hydroxyl groups is 1. The van der Waals surface area contributed by atoms with Gasteiger partial charge in [0.05, 0.1) is 25.7 Å². The molecule has 0 aromatic heterocycles. The lowest BCUT2D eigenvalue weighted by Crippen LogP contribution is -2.55. The van der Waals surface area contributed by atoms with Gasteiger partial charge in [-0.1, -0.05) is 48.5 Å². The molecule has 2 rings (SSSR count). The monoisotopic (exact) mass is 340 g/mol. The Morgan fingerprint density at radius 1 is 0.880 bits per heavy atom. The van der Waals surface area contributed by atoms with Crippen LogP contribution in [0.25, 0.3) is 0 Å². The molecule has 1 N–H and O–H groups in total. The van der Waals surface area contributed by atoms with E-state index in [0.29, 0.717) is 17.8 Å². The highest BCUT2D eigenvalue weighted by Crippen LogP contribution is 2.36. The van der Waals surface area contributed by atoms with Crippen molar-refractivity contribution in [3.63, 3.8) is 0 Å². The first-order valence-corrected chi connectivity index (χ1v) is 9.45. The van der Waals surface area contributed by atoms with Gasteiger partial charge in [0, 0.05) is 17.9 Å². The van der Waals surface area contributed by atoms with E-state index in [2.05, 4.69) is 77.2 Å². The fraction of sp³-hybridized carbons (Fsp3) is 0.478. The van der Waals surface area contributed by atoms with Gasteiger partial charge in [-0.3, -0.25) is 0 Å². The minimum Gasteiger partial charge on any atom is -0.507 e. The zero-order valence-corrected chi connectivity index (χ0v) is 16.7. The summed E-state index contributed by atoms with van der Waals surface area (Å²) in [6.07, 6.45) is 1.02. The Labute approximate surface area is 153 Å². The molecule has 0 spiro atoms. The molecule has 25 heavy (non-hydrogen) atoms. The largest absolute Gasteiger partial charge is 0.507 e. The van der Waals surface area contributed by atoms with Gasteiger partial charge in [0.15, 0.2) is 0 Å². The summed E-state index contributed by atoms with van der Waals surface area (Å²) in [7, 11) is 2.35. The minimum atomic E-state index is 0.219. The molecule has 2 heteroatoms. The third kappa shape index (κ3) is 4.24. The Morgan fingerprint density at radius 2 is 1.48 bits per heavy atom. The summed E-state index contributed by atoms with van der Waals surface area (Å²) < 4.78 is 1.04. The number of phenolic OH excluding ortho intramolecular Hbond substituents is 1. The molecule has 0 fully saturated rings. The fourth-order valence-corrected chi connectivity index (χ4v) is 3.67. The molecule has 136 valence electrons. The quantitative estimate of drug-likeness (QED) is 0.661. The van der Waals surface area contributed by atoms with Gasteiger partial charge in [-0.15, -0.1) is 0 Å². The van der Waals surface area contributed by atoms with Crippen LogP contribution in [0.1, 0.15) is 56.7 Å². The van der Waals surface area contributed by atoms with Gasteiger partial charge in [-0.2, -0.15) is 0 Å². The number of quaternary nitrogens is 1. The number of aryl methyl sites for hydroxylation is 1. The first kappa shape index (κ1) is 19.5. The van der Waals surface area contributed by atoms with Gasteiger partial charge < -0.3 is 9.59 Å². The smallest absolute Gasteiger partial charge is 0.122 e. The van der Waals surface area contributed by atoms with Crippen LogP contribution in [0.15, 0.2) is 48.5 Å². The molecule has 1 atom stereocenters. The molecule has 0 bridgehead atoms. The maximum atomic E-state index is 10.7. The number of hydrogen-bond donors (Lipinski definition) is 1. The number of phenols is 1. The van der Waals surface area contributed by atoms with E-state index in [4.69, 9.17) is 0 Å². The zero-order valence-electron chi connectivity index (χ0n) is 16.7. The summed E-state index contributed by atoms with van der Waals surface area (Å²) in [5.41, 5.74) is 3.27. The lowest BCUT2D eigenvalue weighted by molar-refractivity contribution is -0.949. The molecule has 0 radical (unpaired) electrons. The highest BCUT2D eigenvalue weighted by molar-refractivity contribution is 5.45. The summed E-state index contributed by atoms with van der Waals surface area (Å²) in [5, 5.41) is 10.7. The van der Waals surface area contributed by atoms with Crippen LogP contribution in [0.2, 0.25) is 0 Å². The number of rotatable bonds is 7. The average Bonchev–Trinajstić information content (AvgIpc) is 2.59. The number of benzene rings is 2. The first-order chi connectivity index (χ1) is 11.8. The van der Waals surface area contributed by atoms with Gasteiger partial charge in [-0.05, 0) is 45.7 Å². The Bertz CT molecular complexity index is 668. The molecule has 2 aromatic rings. The maximum Gasteiger partial charge on any atom is 0.122 e. The molecule has 2 aromatic carbocycles. The second-order valence-corrected chi connectivity index (χ2v) is 8.02. The SMILES string of the molecule is Cc1cccc([C@H](CC[N+](C)(C(C)C)C(C)C)c2ccccc2)c1O. The molecule has 2 nitrogen and oxygen atoms in total. The van der Waals surface area contributed by atoms with E-state index in [1.165, 1.54) is 5.56 Å². The number of para-hydroxylation sites is 1. The predicted octanol–water partition coefficient (Wildman–Crippen LogP) is 5.49. The predicted molar refractivity (Wildman–Crippen MR) is 107 cm³/mol. The van der Waals surface area contributed by atoms with Crippen LogP contribution in [0, 0.1) is 6.92 Å². The lowest BCUT2D eigenvalue weighted by atomic mass is 9.86. The van der Waals surface area contributed by atoms with Crippen molar-refractivity contribution in [1.82, 2.24) is 0 Å². The van der Waals surface area contributed by atoms with E-state index in [9.17, 15) is 5.11 Å². The summed E-state index contributed by atoms with van der Waals surface area (Å²) in [4.78, 5) is 0. The van der Waals surface area contributed by atoms with Crippen molar-refractivity contribution < 1.29 is 9.59 Å². The molecule has 0 saturated heterocycles. The topological polar surface area (TPSA) is 20.2 Å². The molecular formula is C23H34NO+. The van der Waals surface area contributed by atoms with Gasteiger partial charge >= 0.3 is 0 Å². The Hall–Kier alpha value is -1.80. The number of hydrogen-bond acceptors (Lipinski definition) is 1. The summed E-state index contributed by atoms with van der Waals surface area (Å²) >= 11 is 0. The molecule has 0 aliphatic carbocycles. The van der Waals surface area contributed by atoms with Crippen LogP contribution in [0.3, 0.4) is 0 Å². The molecule has 0 amide bonds. The van der Waals surface area contributed by atoms with Crippen LogP contribution in [0.4, 0.5) is 0 Å². The Kier molecular flexibility index (Phi) is 6.29. The van der Waals surface area contributed by atoms with Crippen molar-refractivity contribution in [3.8, 4) is 5.75 Å². The Morgan fingerprint density at radius 3 is 2.04 bits per heavy atom. The molecule has 0 heterocycles. The maximum absolute atomic E-state index is 10.7. The average molecular weight is 341 g/mol. The van der Waals surface area contributed by atoms with E-state index in [-0.39, 0.29) is 5.92 Å². The summed E-state index contributed by atoms with van der Waals surface area (Å²) in [5.74, 6) is 0.663. The lowest BCUT2D eigenvalue weighted by Gasteiger charge is -2.43. The standard InChI is InChI=1S/C23H33NO/c1-17(2)24(6,18(3)4)16-15-21(20-12-8-7-9-13-20)22-14-10-11-19(5)23(22)25/h7-14,17-18,21H,15-16H2,1-6H3/p+1/t21-/m1/s1. The van der Waals surface area contributed by atoms with Gasteiger partial charge in [-0.25, -0.2) is 0 Å². The Balaban J connectivity index is 2.39. The third-order valence-corrected chi connectivity index (χ3v) is 6.11. The van der Waals surface area contributed by atoms with E-state index in [0.717, 1.165) is 28.6 Å². The molecule has 0 aliphatic rings.